The number of morpholine rings is 1. The predicted octanol–water partition coefficient (Wildman–Crippen LogP) is 4.52. The van der Waals surface area contributed by atoms with Gasteiger partial charge in [-0.05, 0) is 69.4 Å². The number of aryl methyl sites for hydroxylation is 1. The van der Waals surface area contributed by atoms with Gasteiger partial charge in [0.05, 0.1) is 29.0 Å². The van der Waals surface area contributed by atoms with E-state index < -0.39 is 5.91 Å². The number of hydrogen-bond acceptors (Lipinski definition) is 5. The highest BCUT2D eigenvalue weighted by molar-refractivity contribution is 6.17. The van der Waals surface area contributed by atoms with E-state index in [1.54, 1.807) is 6.26 Å². The lowest BCUT2D eigenvalue weighted by Gasteiger charge is -2.35. The Morgan fingerprint density at radius 1 is 1.08 bits per heavy atom. The number of carbonyl (C=O) groups excluding carboxylic acids is 2. The Balaban J connectivity index is 1.55. The molecule has 0 radical (unpaired) electrons. The molecule has 8 heteroatoms. The summed E-state index contributed by atoms with van der Waals surface area (Å²) in [6.07, 6.45) is 3.91. The monoisotopic (exact) mass is 486 g/mol. The molecule has 1 saturated carbocycles. The highest BCUT2D eigenvalue weighted by atomic mass is 16.5. The minimum absolute atomic E-state index is 0.000149. The number of carbonyl (C=O) groups is 2. The SMILES string of the molecule is Cc1nocc1-c1cc(C(N)=O)c2c(c1)c1ccc(C(=O)N3C[C@@H](C)O[C@@H](C)C3)cc1n2CC1CC1. The predicted molar refractivity (Wildman–Crippen MR) is 137 cm³/mol. The normalized spacial score (nSPS) is 20.4. The van der Waals surface area contributed by atoms with Crippen LogP contribution in [0.25, 0.3) is 32.9 Å². The van der Waals surface area contributed by atoms with Crippen molar-refractivity contribution in [3.63, 3.8) is 0 Å². The standard InChI is InChI=1S/C28H30N4O4/c1-15-11-31(12-16(2)36-15)28(34)19-6-7-21-22-8-20(24-14-35-30-17(24)3)9-23(27(29)33)26(22)32(25(21)10-19)13-18-4-5-18/h6-10,14-16,18H,4-5,11-13H2,1-3H3,(H2,29,33)/t15-,16+. The van der Waals surface area contributed by atoms with Gasteiger partial charge in [-0.15, -0.1) is 0 Å². The zero-order chi connectivity index (χ0) is 25.1. The van der Waals surface area contributed by atoms with Gasteiger partial charge in [-0.25, -0.2) is 0 Å². The first-order valence-electron chi connectivity index (χ1n) is 12.6. The highest BCUT2D eigenvalue weighted by Crippen LogP contribution is 2.39. The van der Waals surface area contributed by atoms with Gasteiger partial charge in [0.2, 0.25) is 0 Å². The average Bonchev–Trinajstić information content (AvgIpc) is 3.49. The molecular weight excluding hydrogens is 456 g/mol. The summed E-state index contributed by atoms with van der Waals surface area (Å²) in [5, 5.41) is 5.93. The van der Waals surface area contributed by atoms with E-state index in [9.17, 15) is 9.59 Å². The number of ether oxygens (including phenoxy) is 1. The highest BCUT2D eigenvalue weighted by Gasteiger charge is 2.29. The number of rotatable bonds is 5. The van der Waals surface area contributed by atoms with E-state index in [4.69, 9.17) is 15.0 Å². The van der Waals surface area contributed by atoms with Crippen LogP contribution in [0.1, 0.15) is 53.1 Å². The maximum atomic E-state index is 13.5. The van der Waals surface area contributed by atoms with Crippen molar-refractivity contribution in [1.82, 2.24) is 14.6 Å². The molecule has 0 bridgehead atoms. The van der Waals surface area contributed by atoms with Gasteiger partial charge in [0, 0.05) is 47.1 Å². The van der Waals surface area contributed by atoms with Gasteiger partial charge >= 0.3 is 0 Å². The molecule has 6 rings (SSSR count). The van der Waals surface area contributed by atoms with Crippen LogP contribution in [-0.2, 0) is 11.3 Å². The first kappa shape index (κ1) is 22.8. The molecule has 1 aliphatic heterocycles. The zero-order valence-electron chi connectivity index (χ0n) is 20.8. The lowest BCUT2D eigenvalue weighted by molar-refractivity contribution is -0.0586. The van der Waals surface area contributed by atoms with Gasteiger partial charge < -0.3 is 24.5 Å². The molecule has 8 nitrogen and oxygen atoms in total. The second-order valence-corrected chi connectivity index (χ2v) is 10.4. The van der Waals surface area contributed by atoms with E-state index in [0.717, 1.165) is 58.0 Å². The van der Waals surface area contributed by atoms with Crippen molar-refractivity contribution in [3.8, 4) is 11.1 Å². The molecule has 2 atom stereocenters. The summed E-state index contributed by atoms with van der Waals surface area (Å²) in [6, 6.07) is 9.75. The maximum absolute atomic E-state index is 13.5. The molecule has 1 aliphatic carbocycles. The first-order valence-corrected chi connectivity index (χ1v) is 12.6. The van der Waals surface area contributed by atoms with Crippen molar-refractivity contribution in [1.29, 1.82) is 0 Å². The summed E-state index contributed by atoms with van der Waals surface area (Å²) in [6.45, 7) is 7.78. The van der Waals surface area contributed by atoms with Crippen LogP contribution in [0.3, 0.4) is 0 Å². The van der Waals surface area contributed by atoms with Gasteiger partial charge in [0.15, 0.2) is 0 Å². The Labute approximate surface area is 209 Å². The number of nitrogens with two attached hydrogens (primary N) is 1. The molecule has 1 saturated heterocycles. The number of fused-ring (bicyclic) bond motifs is 3. The fourth-order valence-corrected chi connectivity index (χ4v) is 5.55. The van der Waals surface area contributed by atoms with E-state index >= 15 is 0 Å². The number of hydrogen-bond donors (Lipinski definition) is 1. The smallest absolute Gasteiger partial charge is 0.254 e. The van der Waals surface area contributed by atoms with E-state index in [2.05, 4.69) is 15.8 Å². The molecular formula is C28H30N4O4. The van der Waals surface area contributed by atoms with Gasteiger partial charge in [-0.3, -0.25) is 9.59 Å². The van der Waals surface area contributed by atoms with Crippen molar-refractivity contribution in [2.24, 2.45) is 11.7 Å². The van der Waals surface area contributed by atoms with Crippen LogP contribution in [-0.4, -0.2) is 51.7 Å². The van der Waals surface area contributed by atoms with Crippen LogP contribution in [0.15, 0.2) is 41.1 Å². The third-order valence-corrected chi connectivity index (χ3v) is 7.38. The molecule has 2 aromatic heterocycles. The van der Waals surface area contributed by atoms with Crippen molar-refractivity contribution < 1.29 is 18.8 Å². The van der Waals surface area contributed by atoms with E-state index in [1.165, 1.54) is 0 Å². The fraction of sp³-hybridized carbons (Fsp3) is 0.393. The first-order chi connectivity index (χ1) is 17.3. The Morgan fingerprint density at radius 3 is 2.47 bits per heavy atom. The van der Waals surface area contributed by atoms with E-state index in [0.29, 0.717) is 30.1 Å². The second-order valence-electron chi connectivity index (χ2n) is 10.4. The van der Waals surface area contributed by atoms with E-state index in [1.807, 2.05) is 49.9 Å². The maximum Gasteiger partial charge on any atom is 0.254 e. The lowest BCUT2D eigenvalue weighted by atomic mass is 9.99. The summed E-state index contributed by atoms with van der Waals surface area (Å²) >= 11 is 0. The van der Waals surface area contributed by atoms with Crippen molar-refractivity contribution in [2.45, 2.75) is 52.4 Å². The van der Waals surface area contributed by atoms with Crippen LogP contribution >= 0.6 is 0 Å². The third kappa shape index (κ3) is 3.86. The Morgan fingerprint density at radius 2 is 1.83 bits per heavy atom. The molecule has 4 aromatic rings. The summed E-state index contributed by atoms with van der Waals surface area (Å²) in [4.78, 5) is 28.1. The quantitative estimate of drug-likeness (QED) is 0.447. The minimum atomic E-state index is -0.483. The zero-order valence-corrected chi connectivity index (χ0v) is 20.8. The van der Waals surface area contributed by atoms with Crippen LogP contribution in [0.4, 0.5) is 0 Å². The number of amides is 2. The second kappa shape index (κ2) is 8.48. The largest absolute Gasteiger partial charge is 0.372 e. The van der Waals surface area contributed by atoms with Crippen molar-refractivity contribution in [2.75, 3.05) is 13.1 Å². The summed E-state index contributed by atoms with van der Waals surface area (Å²) in [7, 11) is 0. The fourth-order valence-electron chi connectivity index (χ4n) is 5.55. The molecule has 2 N–H and O–H groups in total. The molecule has 186 valence electrons. The van der Waals surface area contributed by atoms with Gasteiger partial charge in [-0.2, -0.15) is 0 Å². The minimum Gasteiger partial charge on any atom is -0.372 e. The Hall–Kier alpha value is -3.65. The Bertz CT molecular complexity index is 1500. The molecule has 2 aliphatic rings. The topological polar surface area (TPSA) is 104 Å². The molecule has 36 heavy (non-hydrogen) atoms. The van der Waals surface area contributed by atoms with Crippen LogP contribution in [0, 0.1) is 12.8 Å². The number of nitrogens with zero attached hydrogens (tertiary/aromatic N) is 3. The van der Waals surface area contributed by atoms with Crippen LogP contribution in [0.2, 0.25) is 0 Å². The number of aromatic nitrogens is 2. The summed E-state index contributed by atoms with van der Waals surface area (Å²) < 4.78 is 13.2. The third-order valence-electron chi connectivity index (χ3n) is 7.38. The number of benzene rings is 2. The van der Waals surface area contributed by atoms with Crippen molar-refractivity contribution >= 4 is 33.6 Å². The summed E-state index contributed by atoms with van der Waals surface area (Å²) in [5.41, 5.74) is 11.2. The molecule has 2 amide bonds. The Kier molecular flexibility index (Phi) is 5.37. The number of primary amides is 1. The molecule has 0 spiro atoms. The molecule has 0 unspecified atom stereocenters. The van der Waals surface area contributed by atoms with Crippen LogP contribution < -0.4 is 5.73 Å². The molecule has 3 heterocycles. The molecule has 2 fully saturated rings. The van der Waals surface area contributed by atoms with Gasteiger partial charge in [0.25, 0.3) is 11.8 Å². The van der Waals surface area contributed by atoms with Gasteiger partial charge in [-0.1, -0.05) is 11.2 Å². The van der Waals surface area contributed by atoms with Crippen molar-refractivity contribution in [3.05, 3.63) is 53.4 Å². The average molecular weight is 487 g/mol. The summed E-state index contributed by atoms with van der Waals surface area (Å²) in [5.74, 6) is 0.0752. The van der Waals surface area contributed by atoms with E-state index in [-0.39, 0.29) is 18.1 Å². The lowest BCUT2D eigenvalue weighted by Crippen LogP contribution is -2.48. The van der Waals surface area contributed by atoms with Crippen LogP contribution in [0.5, 0.6) is 0 Å². The van der Waals surface area contributed by atoms with Gasteiger partial charge in [0.1, 0.15) is 6.26 Å². The molecule has 2 aromatic carbocycles.